The monoisotopic (exact) mass is 257 g/mol. The number of benzene rings is 1. The number of hydrogen-bond donors (Lipinski definition) is 1. The SMILES string of the molecule is CCOc1cc(C)nc(NCc2cccc(C)c2)n1. The topological polar surface area (TPSA) is 47.0 Å². The lowest BCUT2D eigenvalue weighted by Crippen LogP contribution is -2.06. The van der Waals surface area contributed by atoms with E-state index >= 15 is 0 Å². The molecule has 0 fully saturated rings. The van der Waals surface area contributed by atoms with Crippen LogP contribution in [0, 0.1) is 13.8 Å². The Morgan fingerprint density at radius 3 is 2.74 bits per heavy atom. The molecule has 1 aromatic carbocycles. The zero-order valence-electron chi connectivity index (χ0n) is 11.6. The van der Waals surface area contributed by atoms with Gasteiger partial charge in [0, 0.05) is 18.3 Å². The zero-order valence-corrected chi connectivity index (χ0v) is 11.6. The number of nitrogens with zero attached hydrogens (tertiary/aromatic N) is 2. The lowest BCUT2D eigenvalue weighted by atomic mass is 10.1. The Morgan fingerprint density at radius 2 is 2.00 bits per heavy atom. The van der Waals surface area contributed by atoms with Crippen LogP contribution >= 0.6 is 0 Å². The molecule has 0 radical (unpaired) electrons. The number of nitrogens with one attached hydrogen (secondary N) is 1. The van der Waals surface area contributed by atoms with Crippen molar-refractivity contribution in [1.82, 2.24) is 9.97 Å². The number of ether oxygens (including phenoxy) is 1. The first-order chi connectivity index (χ1) is 9.17. The van der Waals surface area contributed by atoms with Gasteiger partial charge in [0.25, 0.3) is 0 Å². The van der Waals surface area contributed by atoms with Crippen molar-refractivity contribution >= 4 is 5.95 Å². The van der Waals surface area contributed by atoms with Crippen molar-refractivity contribution in [2.24, 2.45) is 0 Å². The smallest absolute Gasteiger partial charge is 0.226 e. The fraction of sp³-hybridized carbons (Fsp3) is 0.333. The predicted molar refractivity (Wildman–Crippen MR) is 76.4 cm³/mol. The molecule has 1 heterocycles. The van der Waals surface area contributed by atoms with E-state index in [2.05, 4.69) is 46.5 Å². The molecule has 4 nitrogen and oxygen atoms in total. The molecule has 1 aromatic heterocycles. The van der Waals surface area contributed by atoms with Gasteiger partial charge in [-0.2, -0.15) is 4.98 Å². The Hall–Kier alpha value is -2.10. The molecule has 0 saturated heterocycles. The van der Waals surface area contributed by atoms with Crippen molar-refractivity contribution in [1.29, 1.82) is 0 Å². The van der Waals surface area contributed by atoms with Crippen LogP contribution < -0.4 is 10.1 Å². The van der Waals surface area contributed by atoms with Gasteiger partial charge in [0.15, 0.2) is 0 Å². The summed E-state index contributed by atoms with van der Waals surface area (Å²) in [6.07, 6.45) is 0. The summed E-state index contributed by atoms with van der Waals surface area (Å²) in [6.45, 7) is 7.27. The number of aromatic nitrogens is 2. The summed E-state index contributed by atoms with van der Waals surface area (Å²) < 4.78 is 5.41. The van der Waals surface area contributed by atoms with Crippen molar-refractivity contribution < 1.29 is 4.74 Å². The maximum Gasteiger partial charge on any atom is 0.226 e. The lowest BCUT2D eigenvalue weighted by molar-refractivity contribution is 0.326. The highest BCUT2D eigenvalue weighted by Gasteiger charge is 2.02. The molecule has 19 heavy (non-hydrogen) atoms. The van der Waals surface area contributed by atoms with Gasteiger partial charge >= 0.3 is 0 Å². The third kappa shape index (κ3) is 3.95. The maximum absolute atomic E-state index is 5.41. The molecule has 4 heteroatoms. The van der Waals surface area contributed by atoms with Crippen LogP contribution in [0.25, 0.3) is 0 Å². The molecule has 0 unspecified atom stereocenters. The van der Waals surface area contributed by atoms with Crippen LogP contribution in [-0.2, 0) is 6.54 Å². The summed E-state index contributed by atoms with van der Waals surface area (Å²) in [4.78, 5) is 8.67. The van der Waals surface area contributed by atoms with Gasteiger partial charge in [-0.25, -0.2) is 4.98 Å². The molecular weight excluding hydrogens is 238 g/mol. The third-order valence-corrected chi connectivity index (χ3v) is 2.66. The number of hydrogen-bond acceptors (Lipinski definition) is 4. The van der Waals surface area contributed by atoms with Crippen molar-refractivity contribution in [3.63, 3.8) is 0 Å². The fourth-order valence-corrected chi connectivity index (χ4v) is 1.84. The van der Waals surface area contributed by atoms with Gasteiger partial charge < -0.3 is 10.1 Å². The van der Waals surface area contributed by atoms with E-state index in [1.807, 2.05) is 19.9 Å². The Balaban J connectivity index is 2.06. The second-order valence-corrected chi connectivity index (χ2v) is 4.45. The van der Waals surface area contributed by atoms with Crippen LogP contribution in [0.2, 0.25) is 0 Å². The molecule has 100 valence electrons. The summed E-state index contributed by atoms with van der Waals surface area (Å²) in [7, 11) is 0. The Morgan fingerprint density at radius 1 is 1.16 bits per heavy atom. The molecule has 0 atom stereocenters. The van der Waals surface area contributed by atoms with Gasteiger partial charge in [-0.05, 0) is 26.3 Å². The minimum Gasteiger partial charge on any atom is -0.478 e. The quantitative estimate of drug-likeness (QED) is 0.894. The molecule has 0 spiro atoms. The van der Waals surface area contributed by atoms with Crippen molar-refractivity contribution in [3.8, 4) is 5.88 Å². The number of rotatable bonds is 5. The van der Waals surface area contributed by atoms with E-state index in [-0.39, 0.29) is 0 Å². The highest BCUT2D eigenvalue weighted by Crippen LogP contribution is 2.13. The Bertz CT molecular complexity index is 555. The fourth-order valence-electron chi connectivity index (χ4n) is 1.84. The summed E-state index contributed by atoms with van der Waals surface area (Å²) in [5.41, 5.74) is 3.35. The maximum atomic E-state index is 5.41. The molecule has 2 rings (SSSR count). The Labute approximate surface area is 113 Å². The van der Waals surface area contributed by atoms with Gasteiger partial charge in [-0.15, -0.1) is 0 Å². The van der Waals surface area contributed by atoms with Crippen LogP contribution in [0.5, 0.6) is 5.88 Å². The highest BCUT2D eigenvalue weighted by molar-refractivity contribution is 5.33. The van der Waals surface area contributed by atoms with Crippen LogP contribution in [0.3, 0.4) is 0 Å². The first kappa shape index (κ1) is 13.3. The molecular formula is C15H19N3O. The summed E-state index contributed by atoms with van der Waals surface area (Å²) in [5.74, 6) is 1.21. The first-order valence-electron chi connectivity index (χ1n) is 6.45. The highest BCUT2D eigenvalue weighted by atomic mass is 16.5. The molecule has 0 bridgehead atoms. The van der Waals surface area contributed by atoms with Gasteiger partial charge in [-0.3, -0.25) is 0 Å². The summed E-state index contributed by atoms with van der Waals surface area (Å²) in [6, 6.07) is 10.2. The zero-order chi connectivity index (χ0) is 13.7. The van der Waals surface area contributed by atoms with Crippen molar-refractivity contribution in [2.75, 3.05) is 11.9 Å². The molecule has 2 aromatic rings. The van der Waals surface area contributed by atoms with Crippen LogP contribution in [-0.4, -0.2) is 16.6 Å². The molecule has 0 aliphatic carbocycles. The standard InChI is InChI=1S/C15H19N3O/c1-4-19-14-9-12(3)17-15(18-14)16-10-13-7-5-6-11(2)8-13/h5-9H,4,10H2,1-3H3,(H,16,17,18). The Kier molecular flexibility index (Phi) is 4.34. The summed E-state index contributed by atoms with van der Waals surface area (Å²) >= 11 is 0. The van der Waals surface area contributed by atoms with Gasteiger partial charge in [0.2, 0.25) is 11.8 Å². The van der Waals surface area contributed by atoms with Crippen LogP contribution in [0.15, 0.2) is 30.3 Å². The van der Waals surface area contributed by atoms with E-state index in [1.165, 1.54) is 11.1 Å². The van der Waals surface area contributed by atoms with E-state index in [0.29, 0.717) is 25.0 Å². The van der Waals surface area contributed by atoms with Crippen LogP contribution in [0.4, 0.5) is 5.95 Å². The van der Waals surface area contributed by atoms with E-state index in [0.717, 1.165) is 5.69 Å². The summed E-state index contributed by atoms with van der Waals surface area (Å²) in [5, 5.41) is 3.23. The van der Waals surface area contributed by atoms with E-state index < -0.39 is 0 Å². The van der Waals surface area contributed by atoms with Gasteiger partial charge in [-0.1, -0.05) is 29.8 Å². The number of aryl methyl sites for hydroxylation is 2. The third-order valence-electron chi connectivity index (χ3n) is 2.66. The molecule has 0 saturated carbocycles. The normalized spacial score (nSPS) is 10.3. The van der Waals surface area contributed by atoms with Crippen molar-refractivity contribution in [3.05, 3.63) is 47.2 Å². The van der Waals surface area contributed by atoms with E-state index in [1.54, 1.807) is 0 Å². The molecule has 0 aliphatic rings. The second kappa shape index (κ2) is 6.18. The minimum absolute atomic E-state index is 0.602. The van der Waals surface area contributed by atoms with Gasteiger partial charge in [0.1, 0.15) is 0 Å². The van der Waals surface area contributed by atoms with E-state index in [4.69, 9.17) is 4.74 Å². The first-order valence-corrected chi connectivity index (χ1v) is 6.45. The average molecular weight is 257 g/mol. The van der Waals surface area contributed by atoms with Gasteiger partial charge in [0.05, 0.1) is 6.61 Å². The predicted octanol–water partition coefficient (Wildman–Crippen LogP) is 3.10. The molecule has 0 amide bonds. The van der Waals surface area contributed by atoms with E-state index in [9.17, 15) is 0 Å². The second-order valence-electron chi connectivity index (χ2n) is 4.45. The molecule has 0 aliphatic heterocycles. The average Bonchev–Trinajstić information content (AvgIpc) is 2.36. The molecule has 1 N–H and O–H groups in total. The largest absolute Gasteiger partial charge is 0.478 e. The van der Waals surface area contributed by atoms with Crippen LogP contribution in [0.1, 0.15) is 23.7 Å². The lowest BCUT2D eigenvalue weighted by Gasteiger charge is -2.08. The van der Waals surface area contributed by atoms with Crippen molar-refractivity contribution in [2.45, 2.75) is 27.3 Å². The minimum atomic E-state index is 0.602. The number of anilines is 1.